The maximum absolute atomic E-state index is 11.0. The number of fused-ring (bicyclic) bond motifs is 1. The van der Waals surface area contributed by atoms with Crippen LogP contribution in [0.4, 0.5) is 11.4 Å². The van der Waals surface area contributed by atoms with Crippen molar-refractivity contribution in [2.45, 2.75) is 0 Å². The summed E-state index contributed by atoms with van der Waals surface area (Å²) in [5.74, 6) is 0. The molecule has 0 saturated carbocycles. The Morgan fingerprint density at radius 3 is 2.55 bits per heavy atom. The molecule has 2 rings (SSSR count). The van der Waals surface area contributed by atoms with E-state index in [4.69, 9.17) is 1.41 Å². The zero-order valence-corrected chi connectivity index (χ0v) is 6.30. The minimum atomic E-state index is -3.63. The second-order valence-electron chi connectivity index (χ2n) is 2.19. The lowest BCUT2D eigenvalue weighted by atomic mass is 10.3. The molecule has 0 radical (unpaired) electrons. The van der Waals surface area contributed by atoms with Crippen molar-refractivity contribution >= 4 is 21.6 Å². The number of nitrogens with one attached hydrogen (secondary N) is 2. The molecule has 11 heavy (non-hydrogen) atoms. The average molecular weight is 172 g/mol. The number of anilines is 2. The van der Waals surface area contributed by atoms with E-state index < -0.39 is 10.2 Å². The lowest BCUT2D eigenvalue weighted by Crippen LogP contribution is -2.12. The summed E-state index contributed by atoms with van der Waals surface area (Å²) >= 11 is 0. The highest BCUT2D eigenvalue weighted by atomic mass is 32.2. The van der Waals surface area contributed by atoms with Crippen LogP contribution in [-0.4, -0.2) is 8.42 Å². The van der Waals surface area contributed by atoms with E-state index in [1.807, 2.05) is 0 Å². The van der Waals surface area contributed by atoms with Gasteiger partial charge in [0.05, 0.1) is 11.4 Å². The van der Waals surface area contributed by atoms with Crippen molar-refractivity contribution in [3.63, 3.8) is 0 Å². The number of rotatable bonds is 0. The Morgan fingerprint density at radius 1 is 1.27 bits per heavy atom. The summed E-state index contributed by atoms with van der Waals surface area (Å²) < 4.78 is 32.0. The third-order valence-corrected chi connectivity index (χ3v) is 2.28. The van der Waals surface area contributed by atoms with E-state index in [1.54, 1.807) is 24.3 Å². The quantitative estimate of drug-likeness (QED) is 0.607. The predicted octanol–water partition coefficient (Wildman–Crippen LogP) is 0.769. The van der Waals surface area contributed by atoms with Gasteiger partial charge in [-0.3, -0.25) is 9.44 Å². The number of hydrogen-bond donors (Lipinski definition) is 2. The Labute approximate surface area is 65.9 Å². The Morgan fingerprint density at radius 2 is 1.91 bits per heavy atom. The first kappa shape index (κ1) is 5.42. The van der Waals surface area contributed by atoms with E-state index in [1.165, 1.54) is 0 Å². The number of para-hydroxylation sites is 2. The smallest absolute Gasteiger partial charge is 0.265 e. The van der Waals surface area contributed by atoms with Crippen LogP contribution in [0.3, 0.4) is 0 Å². The lowest BCUT2D eigenvalue weighted by Gasteiger charge is -1.90. The zero-order chi connectivity index (χ0) is 8.77. The first-order chi connectivity index (χ1) is 5.61. The van der Waals surface area contributed by atoms with Crippen molar-refractivity contribution < 1.29 is 9.83 Å². The number of hydrogen-bond acceptors (Lipinski definition) is 2. The van der Waals surface area contributed by atoms with Gasteiger partial charge >= 0.3 is 10.2 Å². The molecule has 1 heterocycles. The van der Waals surface area contributed by atoms with E-state index >= 15 is 0 Å². The largest absolute Gasteiger partial charge is 0.321 e. The first-order valence-corrected chi connectivity index (χ1v) is 4.46. The molecule has 0 aliphatic carbocycles. The average Bonchev–Trinajstić information content (AvgIpc) is 2.24. The van der Waals surface area contributed by atoms with Gasteiger partial charge in [-0.05, 0) is 12.1 Å². The summed E-state index contributed by atoms with van der Waals surface area (Å²) in [5, 5.41) is 0. The van der Waals surface area contributed by atoms with E-state index in [9.17, 15) is 8.42 Å². The highest BCUT2D eigenvalue weighted by Crippen LogP contribution is 2.28. The van der Waals surface area contributed by atoms with Crippen LogP contribution in [0.2, 0.25) is 1.41 Å². The molecule has 1 aliphatic heterocycles. The molecule has 0 amide bonds. The van der Waals surface area contributed by atoms with Crippen LogP contribution >= 0.6 is 0 Å². The first-order valence-electron chi connectivity index (χ1n) is 3.47. The van der Waals surface area contributed by atoms with Crippen molar-refractivity contribution in [2.75, 3.05) is 9.44 Å². The summed E-state index contributed by atoms with van der Waals surface area (Å²) in [4.78, 5) is 0. The van der Waals surface area contributed by atoms with Crippen LogP contribution in [0.1, 0.15) is 0 Å². The van der Waals surface area contributed by atoms with Crippen LogP contribution in [0.25, 0.3) is 0 Å². The molecule has 0 bridgehead atoms. The molecule has 4 nitrogen and oxygen atoms in total. The molecule has 0 atom stereocenters. The van der Waals surface area contributed by atoms with Crippen LogP contribution in [0.15, 0.2) is 24.3 Å². The summed E-state index contributed by atoms with van der Waals surface area (Å²) in [5.41, 5.74) is 0.810. The summed E-state index contributed by atoms with van der Waals surface area (Å²) in [6, 6.07) is 6.57. The maximum Gasteiger partial charge on any atom is 0.321 e. The molecule has 0 fully saturated rings. The van der Waals surface area contributed by atoms with Crippen LogP contribution in [0, 0.1) is 0 Å². The lowest BCUT2D eigenvalue weighted by molar-refractivity contribution is 0.607. The highest BCUT2D eigenvalue weighted by Gasteiger charge is 2.20. The highest BCUT2D eigenvalue weighted by molar-refractivity contribution is 7.94. The Bertz CT molecular complexity index is 417. The minimum absolute atomic E-state index is 0.359. The standard InChI is InChI=1S/C6H6N2O2S/c9-11(10)7-5-3-1-2-4-6(5)8-11/h1-4,7-8H/i/hT. The summed E-state index contributed by atoms with van der Waals surface area (Å²) in [6.45, 7) is 0. The van der Waals surface area contributed by atoms with E-state index in [-0.39, 0.29) is 0 Å². The fraction of sp³-hybridized carbons (Fsp3) is 0. The van der Waals surface area contributed by atoms with Gasteiger partial charge in [0.1, 0.15) is 0 Å². The van der Waals surface area contributed by atoms with Gasteiger partial charge in [0.15, 0.2) is 1.41 Å². The van der Waals surface area contributed by atoms with Crippen molar-refractivity contribution in [3.05, 3.63) is 24.3 Å². The molecule has 0 spiro atoms. The zero-order valence-electron chi connectivity index (χ0n) is 6.48. The monoisotopic (exact) mass is 172 g/mol. The van der Waals surface area contributed by atoms with Crippen molar-refractivity contribution in [1.82, 2.24) is 0 Å². The number of benzene rings is 1. The molecule has 1 aromatic rings. The summed E-state index contributed by atoms with van der Waals surface area (Å²) in [6.07, 6.45) is 0. The van der Waals surface area contributed by atoms with E-state index in [0.717, 1.165) is 0 Å². The van der Waals surface area contributed by atoms with Crippen molar-refractivity contribution in [3.8, 4) is 0 Å². The van der Waals surface area contributed by atoms with Gasteiger partial charge in [-0.25, -0.2) is 0 Å². The molecule has 2 N–H and O–H groups in total. The van der Waals surface area contributed by atoms with Gasteiger partial charge in [-0.1, -0.05) is 12.1 Å². The third-order valence-electron chi connectivity index (χ3n) is 1.36. The fourth-order valence-corrected chi connectivity index (χ4v) is 1.85. The van der Waals surface area contributed by atoms with Gasteiger partial charge in [0.2, 0.25) is 0 Å². The van der Waals surface area contributed by atoms with Gasteiger partial charge < -0.3 is 0 Å². The molecule has 0 unspecified atom stereocenters. The molecular formula is C6H6N2O2S. The molecule has 0 aromatic heterocycles. The molecular weight excluding hydrogens is 164 g/mol. The second kappa shape index (κ2) is 1.88. The maximum atomic E-state index is 11.0. The topological polar surface area (TPSA) is 58.2 Å². The minimum Gasteiger partial charge on any atom is -0.265 e. The third kappa shape index (κ3) is 1.03. The molecule has 58 valence electrons. The second-order valence-corrected chi connectivity index (χ2v) is 3.52. The van der Waals surface area contributed by atoms with Crippen LogP contribution < -0.4 is 9.44 Å². The summed E-state index contributed by atoms with van der Waals surface area (Å²) in [7, 11) is -3.63. The van der Waals surface area contributed by atoms with Gasteiger partial charge in [-0.2, -0.15) is 8.42 Å². The Hall–Kier alpha value is -1.23. The predicted molar refractivity (Wildman–Crippen MR) is 42.6 cm³/mol. The normalized spacial score (nSPS) is 20.4. The fourth-order valence-electron chi connectivity index (χ4n) is 0.931. The van der Waals surface area contributed by atoms with Crippen molar-refractivity contribution in [2.24, 2.45) is 0 Å². The molecule has 1 aromatic carbocycles. The van der Waals surface area contributed by atoms with Crippen molar-refractivity contribution in [1.29, 1.82) is 0 Å². The SMILES string of the molecule is [3H]N1c2ccccc2NS1(=O)=O. The Kier molecular flexibility index (Phi) is 0.928. The van der Waals surface area contributed by atoms with Gasteiger partial charge in [-0.15, -0.1) is 0 Å². The van der Waals surface area contributed by atoms with Crippen LogP contribution in [0.5, 0.6) is 0 Å². The van der Waals surface area contributed by atoms with Crippen LogP contribution in [-0.2, 0) is 10.2 Å². The molecule has 0 saturated heterocycles. The Balaban J connectivity index is 2.64. The van der Waals surface area contributed by atoms with Gasteiger partial charge in [0, 0.05) is 0 Å². The van der Waals surface area contributed by atoms with Gasteiger partial charge in [0.25, 0.3) is 0 Å². The van der Waals surface area contributed by atoms with E-state index in [0.29, 0.717) is 16.1 Å². The van der Waals surface area contributed by atoms with E-state index in [2.05, 4.69) is 4.72 Å². The molecule has 5 heteroatoms. The molecule has 1 aliphatic rings.